The highest BCUT2D eigenvalue weighted by Crippen LogP contribution is 2.34. The minimum atomic E-state index is -0.985. The van der Waals surface area contributed by atoms with Gasteiger partial charge in [0.2, 0.25) is 5.88 Å². The Hall–Kier alpha value is -2.70. The molecule has 0 bridgehead atoms. The largest absolute Gasteiger partial charge is 0.488 e. The molecule has 1 aromatic carbocycles. The van der Waals surface area contributed by atoms with E-state index in [2.05, 4.69) is 4.98 Å². The number of hydrogen-bond donors (Lipinski definition) is 1. The van der Waals surface area contributed by atoms with Crippen molar-refractivity contribution in [3.63, 3.8) is 0 Å². The Bertz CT molecular complexity index is 785. The molecule has 2 aromatic rings. The second-order valence-electron chi connectivity index (χ2n) is 6.58. The van der Waals surface area contributed by atoms with E-state index < -0.39 is 23.4 Å². The second-order valence-corrected chi connectivity index (χ2v) is 6.58. The first-order valence-corrected chi connectivity index (χ1v) is 8.96. The molecule has 0 amide bonds. The van der Waals surface area contributed by atoms with E-state index in [0.717, 1.165) is 12.8 Å². The smallest absolute Gasteiger partial charge is 0.303 e. The van der Waals surface area contributed by atoms with Crippen molar-refractivity contribution in [1.82, 2.24) is 4.98 Å². The second kappa shape index (κ2) is 8.79. The molecule has 0 radical (unpaired) electrons. The first kappa shape index (κ1) is 19.1. The van der Waals surface area contributed by atoms with Crippen LogP contribution in [0.5, 0.6) is 11.6 Å². The summed E-state index contributed by atoms with van der Waals surface area (Å²) < 4.78 is 39.5. The van der Waals surface area contributed by atoms with Crippen molar-refractivity contribution >= 4 is 5.97 Å². The number of carboxylic acids is 1. The first-order valence-electron chi connectivity index (χ1n) is 8.96. The molecule has 27 heavy (non-hydrogen) atoms. The first-order chi connectivity index (χ1) is 13.0. The monoisotopic (exact) mass is 377 g/mol. The maximum Gasteiger partial charge on any atom is 0.303 e. The zero-order chi connectivity index (χ0) is 19.2. The molecule has 5 nitrogen and oxygen atoms in total. The third kappa shape index (κ3) is 4.93. The number of aromatic nitrogens is 1. The summed E-state index contributed by atoms with van der Waals surface area (Å²) in [6.07, 6.45) is 5.06. The van der Waals surface area contributed by atoms with Gasteiger partial charge in [-0.2, -0.15) is 0 Å². The fraction of sp³-hybridized carbons (Fsp3) is 0.400. The van der Waals surface area contributed by atoms with Gasteiger partial charge in [-0.3, -0.25) is 4.79 Å². The van der Waals surface area contributed by atoms with Crippen molar-refractivity contribution in [3.8, 4) is 22.8 Å². The summed E-state index contributed by atoms with van der Waals surface area (Å²) in [7, 11) is 0. The quantitative estimate of drug-likeness (QED) is 0.654. The summed E-state index contributed by atoms with van der Waals surface area (Å²) in [4.78, 5) is 14.7. The highest BCUT2D eigenvalue weighted by Gasteiger charge is 2.20. The molecular formula is C20H21F2NO4. The Labute approximate surface area is 156 Å². The summed E-state index contributed by atoms with van der Waals surface area (Å²) in [5, 5.41) is 8.58. The Morgan fingerprint density at radius 3 is 2.59 bits per heavy atom. The highest BCUT2D eigenvalue weighted by molar-refractivity contribution is 5.69. The maximum absolute atomic E-state index is 14.3. The lowest BCUT2D eigenvalue weighted by molar-refractivity contribution is -0.137. The fourth-order valence-electron chi connectivity index (χ4n) is 2.83. The van der Waals surface area contributed by atoms with Gasteiger partial charge in [0.25, 0.3) is 0 Å². The van der Waals surface area contributed by atoms with Crippen LogP contribution in [0, 0.1) is 17.6 Å². The molecule has 3 rings (SSSR count). The third-order valence-corrected chi connectivity index (χ3v) is 4.54. The van der Waals surface area contributed by atoms with Gasteiger partial charge in [-0.25, -0.2) is 13.8 Å². The predicted octanol–water partition coefficient (Wildman–Crippen LogP) is 4.45. The van der Waals surface area contributed by atoms with Gasteiger partial charge in [-0.05, 0) is 55.0 Å². The van der Waals surface area contributed by atoms with Crippen molar-refractivity contribution in [1.29, 1.82) is 0 Å². The Kier molecular flexibility index (Phi) is 6.21. The van der Waals surface area contributed by atoms with Gasteiger partial charge in [0.1, 0.15) is 0 Å². The standard InChI is InChI=1S/C20H21F2NO4/c21-16-10-14(11-17(22)19(16)26-9-3-7-18(24)25)15-6-2-8-23-20(15)27-12-13-4-1-5-13/h2,6,8,10-11,13H,1,3-5,7,9,12H2,(H,24,25). The van der Waals surface area contributed by atoms with Crippen LogP contribution < -0.4 is 9.47 Å². The van der Waals surface area contributed by atoms with Crippen LogP contribution in [0.3, 0.4) is 0 Å². The Balaban J connectivity index is 1.74. The third-order valence-electron chi connectivity index (χ3n) is 4.54. The minimum Gasteiger partial charge on any atom is -0.488 e. The van der Waals surface area contributed by atoms with Crippen LogP contribution in [0.25, 0.3) is 11.1 Å². The molecule has 0 saturated heterocycles. The molecule has 1 fully saturated rings. The number of ether oxygens (including phenoxy) is 2. The molecule has 1 N–H and O–H groups in total. The molecule has 1 aliphatic rings. The minimum absolute atomic E-state index is 0.0812. The molecule has 0 aliphatic heterocycles. The van der Waals surface area contributed by atoms with Gasteiger partial charge in [-0.15, -0.1) is 0 Å². The molecule has 0 unspecified atom stereocenters. The molecule has 1 saturated carbocycles. The average molecular weight is 377 g/mol. The molecule has 1 aliphatic carbocycles. The number of nitrogens with zero attached hydrogens (tertiary/aromatic N) is 1. The molecule has 144 valence electrons. The maximum atomic E-state index is 14.3. The topological polar surface area (TPSA) is 68.7 Å². The Morgan fingerprint density at radius 1 is 1.22 bits per heavy atom. The molecule has 0 spiro atoms. The number of halogens is 2. The van der Waals surface area contributed by atoms with Crippen LogP contribution in [0.15, 0.2) is 30.5 Å². The van der Waals surface area contributed by atoms with Crippen molar-refractivity contribution in [2.45, 2.75) is 32.1 Å². The van der Waals surface area contributed by atoms with Crippen molar-refractivity contribution in [2.75, 3.05) is 13.2 Å². The summed E-state index contributed by atoms with van der Waals surface area (Å²) >= 11 is 0. The van der Waals surface area contributed by atoms with Gasteiger partial charge in [0.05, 0.1) is 13.2 Å². The SMILES string of the molecule is O=C(O)CCCOc1c(F)cc(-c2cccnc2OCC2CCC2)cc1F. The number of rotatable bonds is 9. The van der Waals surface area contributed by atoms with Crippen LogP contribution in [0.1, 0.15) is 32.1 Å². The molecule has 1 heterocycles. The van der Waals surface area contributed by atoms with E-state index in [4.69, 9.17) is 14.6 Å². The van der Waals surface area contributed by atoms with Gasteiger partial charge < -0.3 is 14.6 Å². The summed E-state index contributed by atoms with van der Waals surface area (Å²) in [5.41, 5.74) is 0.812. The zero-order valence-corrected chi connectivity index (χ0v) is 14.8. The molecule has 1 aromatic heterocycles. The van der Waals surface area contributed by atoms with Gasteiger partial charge in [0.15, 0.2) is 17.4 Å². The van der Waals surface area contributed by atoms with Crippen LogP contribution in [0.4, 0.5) is 8.78 Å². The van der Waals surface area contributed by atoms with E-state index in [1.54, 1.807) is 18.3 Å². The zero-order valence-electron chi connectivity index (χ0n) is 14.8. The Morgan fingerprint density at radius 2 is 1.96 bits per heavy atom. The lowest BCUT2D eigenvalue weighted by Crippen LogP contribution is -2.19. The van der Waals surface area contributed by atoms with Crippen LogP contribution in [-0.4, -0.2) is 29.3 Å². The van der Waals surface area contributed by atoms with E-state index in [0.29, 0.717) is 29.5 Å². The van der Waals surface area contributed by atoms with Gasteiger partial charge in [-0.1, -0.05) is 6.42 Å². The van der Waals surface area contributed by atoms with E-state index >= 15 is 0 Å². The summed E-state index contributed by atoms with van der Waals surface area (Å²) in [6, 6.07) is 5.72. The number of carboxylic acid groups (broad SMARTS) is 1. The fourth-order valence-corrected chi connectivity index (χ4v) is 2.83. The summed E-state index contributed by atoms with van der Waals surface area (Å²) in [5.74, 6) is -2.35. The van der Waals surface area contributed by atoms with E-state index in [9.17, 15) is 13.6 Å². The van der Waals surface area contributed by atoms with Crippen LogP contribution in [0.2, 0.25) is 0 Å². The number of benzene rings is 1. The van der Waals surface area contributed by atoms with Gasteiger partial charge in [0, 0.05) is 18.2 Å². The van der Waals surface area contributed by atoms with Crippen molar-refractivity contribution in [2.24, 2.45) is 5.92 Å². The highest BCUT2D eigenvalue weighted by atomic mass is 19.1. The van der Waals surface area contributed by atoms with Crippen LogP contribution >= 0.6 is 0 Å². The number of carbonyl (C=O) groups is 1. The van der Waals surface area contributed by atoms with E-state index in [1.165, 1.54) is 18.6 Å². The predicted molar refractivity (Wildman–Crippen MR) is 94.8 cm³/mol. The molecule has 7 heteroatoms. The number of pyridine rings is 1. The van der Waals surface area contributed by atoms with Gasteiger partial charge >= 0.3 is 5.97 Å². The lowest BCUT2D eigenvalue weighted by Gasteiger charge is -2.25. The van der Waals surface area contributed by atoms with E-state index in [-0.39, 0.29) is 19.4 Å². The molecule has 0 atom stereocenters. The average Bonchev–Trinajstić information content (AvgIpc) is 2.59. The van der Waals surface area contributed by atoms with Crippen LogP contribution in [-0.2, 0) is 4.79 Å². The molecular weight excluding hydrogens is 356 g/mol. The van der Waals surface area contributed by atoms with Crippen molar-refractivity contribution in [3.05, 3.63) is 42.1 Å². The van der Waals surface area contributed by atoms with Crippen molar-refractivity contribution < 1.29 is 28.2 Å². The lowest BCUT2D eigenvalue weighted by atomic mass is 9.86. The number of aliphatic carboxylic acids is 1. The normalized spacial score (nSPS) is 13.9. The van der Waals surface area contributed by atoms with E-state index in [1.807, 2.05) is 0 Å². The number of hydrogen-bond acceptors (Lipinski definition) is 4. The summed E-state index contributed by atoms with van der Waals surface area (Å²) in [6.45, 7) is 0.460.